The largest absolute Gasteiger partial charge is 0.310 e. The molecule has 114 valence electrons. The molecule has 0 spiro atoms. The Labute approximate surface area is 122 Å². The van der Waals surface area contributed by atoms with Crippen LogP contribution in [0.3, 0.4) is 0 Å². The van der Waals surface area contributed by atoms with Crippen molar-refractivity contribution in [3.05, 3.63) is 12.2 Å². The molecule has 20 heavy (non-hydrogen) atoms. The fourth-order valence-corrected chi connectivity index (χ4v) is 3.10. The van der Waals surface area contributed by atoms with Gasteiger partial charge in [-0.05, 0) is 46.2 Å². The third-order valence-corrected chi connectivity index (χ3v) is 4.53. The van der Waals surface area contributed by atoms with Crippen LogP contribution in [0.25, 0.3) is 0 Å². The maximum atomic E-state index is 4.45. The summed E-state index contributed by atoms with van der Waals surface area (Å²) in [4.78, 5) is 6.99. The van der Waals surface area contributed by atoms with Crippen LogP contribution in [-0.4, -0.2) is 44.8 Å². The summed E-state index contributed by atoms with van der Waals surface area (Å²) in [5, 5.41) is 8.10. The standard InChI is InChI=1S/C15H29N5/c1-5-15(6-2)11-19(9-7-8-17-15)10-14-16-12-18-20(14)13(3)4/h12-13,17H,5-11H2,1-4H3. The molecule has 5 nitrogen and oxygen atoms in total. The Morgan fingerprint density at radius 3 is 2.75 bits per heavy atom. The van der Waals surface area contributed by atoms with Crippen LogP contribution in [0.2, 0.25) is 0 Å². The fraction of sp³-hybridized carbons (Fsp3) is 0.867. The molecule has 0 aromatic carbocycles. The Kier molecular flexibility index (Phi) is 5.16. The summed E-state index contributed by atoms with van der Waals surface area (Å²) in [7, 11) is 0. The van der Waals surface area contributed by atoms with Gasteiger partial charge in [-0.3, -0.25) is 4.90 Å². The van der Waals surface area contributed by atoms with E-state index in [1.807, 2.05) is 4.68 Å². The van der Waals surface area contributed by atoms with E-state index in [-0.39, 0.29) is 5.54 Å². The van der Waals surface area contributed by atoms with E-state index in [0.717, 1.165) is 32.0 Å². The summed E-state index contributed by atoms with van der Waals surface area (Å²) < 4.78 is 2.04. The molecule has 0 radical (unpaired) electrons. The van der Waals surface area contributed by atoms with Gasteiger partial charge in [0.25, 0.3) is 0 Å². The van der Waals surface area contributed by atoms with Crippen molar-refractivity contribution >= 4 is 0 Å². The van der Waals surface area contributed by atoms with E-state index in [0.29, 0.717) is 6.04 Å². The zero-order valence-corrected chi connectivity index (χ0v) is 13.4. The molecule has 1 aromatic heterocycles. The molecule has 0 amide bonds. The highest BCUT2D eigenvalue weighted by Crippen LogP contribution is 2.21. The average Bonchev–Trinajstić information content (AvgIpc) is 2.80. The molecule has 1 saturated heterocycles. The van der Waals surface area contributed by atoms with Crippen molar-refractivity contribution in [2.24, 2.45) is 0 Å². The number of aromatic nitrogens is 3. The van der Waals surface area contributed by atoms with Crippen molar-refractivity contribution in [2.45, 2.75) is 65.1 Å². The molecule has 1 aromatic rings. The second kappa shape index (κ2) is 6.68. The first-order chi connectivity index (χ1) is 9.60. The minimum absolute atomic E-state index is 0.263. The number of rotatable bonds is 5. The maximum absolute atomic E-state index is 4.45. The first kappa shape index (κ1) is 15.4. The first-order valence-corrected chi connectivity index (χ1v) is 7.96. The van der Waals surface area contributed by atoms with E-state index in [1.54, 1.807) is 6.33 Å². The van der Waals surface area contributed by atoms with E-state index in [4.69, 9.17) is 0 Å². The highest BCUT2D eigenvalue weighted by Gasteiger charge is 2.30. The van der Waals surface area contributed by atoms with Gasteiger partial charge in [-0.1, -0.05) is 13.8 Å². The summed E-state index contributed by atoms with van der Waals surface area (Å²) in [6, 6.07) is 0.375. The molecule has 1 fully saturated rings. The van der Waals surface area contributed by atoms with Gasteiger partial charge in [-0.15, -0.1) is 0 Å². The highest BCUT2D eigenvalue weighted by molar-refractivity contribution is 4.94. The Morgan fingerprint density at radius 1 is 1.35 bits per heavy atom. The zero-order chi connectivity index (χ0) is 14.6. The van der Waals surface area contributed by atoms with Crippen molar-refractivity contribution < 1.29 is 0 Å². The summed E-state index contributed by atoms with van der Waals surface area (Å²) in [5.41, 5.74) is 0.263. The zero-order valence-electron chi connectivity index (χ0n) is 13.4. The Bertz CT molecular complexity index is 408. The SMILES string of the molecule is CCC1(CC)CN(Cc2ncnn2C(C)C)CCCN1. The molecule has 1 N–H and O–H groups in total. The van der Waals surface area contributed by atoms with Gasteiger partial charge in [-0.2, -0.15) is 5.10 Å². The van der Waals surface area contributed by atoms with Gasteiger partial charge in [0.15, 0.2) is 0 Å². The lowest BCUT2D eigenvalue weighted by atomic mass is 9.92. The van der Waals surface area contributed by atoms with Crippen molar-refractivity contribution in [1.29, 1.82) is 0 Å². The molecular formula is C15H29N5. The molecule has 1 aliphatic heterocycles. The van der Waals surface area contributed by atoms with Crippen LogP contribution in [0.15, 0.2) is 6.33 Å². The number of nitrogens with zero attached hydrogens (tertiary/aromatic N) is 4. The van der Waals surface area contributed by atoms with Crippen LogP contribution < -0.4 is 5.32 Å². The van der Waals surface area contributed by atoms with Gasteiger partial charge in [0, 0.05) is 18.1 Å². The molecule has 0 atom stereocenters. The van der Waals surface area contributed by atoms with E-state index >= 15 is 0 Å². The minimum Gasteiger partial charge on any atom is -0.310 e. The normalized spacial score (nSPS) is 20.2. The Hall–Kier alpha value is -0.940. The number of nitrogens with one attached hydrogen (secondary N) is 1. The van der Waals surface area contributed by atoms with Crippen molar-refractivity contribution in [3.63, 3.8) is 0 Å². The summed E-state index contributed by atoms with van der Waals surface area (Å²) >= 11 is 0. The first-order valence-electron chi connectivity index (χ1n) is 7.96. The number of hydrogen-bond acceptors (Lipinski definition) is 4. The van der Waals surface area contributed by atoms with E-state index in [2.05, 4.69) is 48.0 Å². The summed E-state index contributed by atoms with van der Waals surface area (Å²) in [6.07, 6.45) is 5.24. The van der Waals surface area contributed by atoms with E-state index in [9.17, 15) is 0 Å². The van der Waals surface area contributed by atoms with Gasteiger partial charge in [0.2, 0.25) is 0 Å². The highest BCUT2D eigenvalue weighted by atomic mass is 15.4. The molecule has 0 bridgehead atoms. The topological polar surface area (TPSA) is 46.0 Å². The van der Waals surface area contributed by atoms with Crippen LogP contribution in [0, 0.1) is 0 Å². The van der Waals surface area contributed by atoms with E-state index in [1.165, 1.54) is 19.3 Å². The quantitative estimate of drug-likeness (QED) is 0.897. The third-order valence-electron chi connectivity index (χ3n) is 4.53. The van der Waals surface area contributed by atoms with Crippen molar-refractivity contribution in [1.82, 2.24) is 25.0 Å². The lowest BCUT2D eigenvalue weighted by Gasteiger charge is -2.35. The van der Waals surface area contributed by atoms with Crippen molar-refractivity contribution in [3.8, 4) is 0 Å². The van der Waals surface area contributed by atoms with Crippen LogP contribution in [0.5, 0.6) is 0 Å². The fourth-order valence-electron chi connectivity index (χ4n) is 3.10. The van der Waals surface area contributed by atoms with Gasteiger partial charge in [-0.25, -0.2) is 9.67 Å². The summed E-state index contributed by atoms with van der Waals surface area (Å²) in [5.74, 6) is 1.09. The Balaban J connectivity index is 2.09. The average molecular weight is 279 g/mol. The predicted molar refractivity (Wildman–Crippen MR) is 81.6 cm³/mol. The van der Waals surface area contributed by atoms with Gasteiger partial charge < -0.3 is 5.32 Å². The summed E-state index contributed by atoms with van der Waals surface area (Å²) in [6.45, 7) is 13.2. The van der Waals surface area contributed by atoms with Gasteiger partial charge >= 0.3 is 0 Å². The van der Waals surface area contributed by atoms with Crippen molar-refractivity contribution in [2.75, 3.05) is 19.6 Å². The Morgan fingerprint density at radius 2 is 2.10 bits per heavy atom. The molecule has 5 heteroatoms. The molecule has 2 rings (SSSR count). The smallest absolute Gasteiger partial charge is 0.141 e. The lowest BCUT2D eigenvalue weighted by Crippen LogP contribution is -2.50. The molecular weight excluding hydrogens is 250 g/mol. The number of hydrogen-bond donors (Lipinski definition) is 1. The molecule has 2 heterocycles. The van der Waals surface area contributed by atoms with Crippen LogP contribution in [0.4, 0.5) is 0 Å². The molecule has 0 aliphatic carbocycles. The predicted octanol–water partition coefficient (Wildman–Crippen LogP) is 2.21. The van der Waals surface area contributed by atoms with Crippen LogP contribution in [-0.2, 0) is 6.54 Å². The molecule has 1 aliphatic rings. The monoisotopic (exact) mass is 279 g/mol. The van der Waals surface area contributed by atoms with Crippen LogP contribution >= 0.6 is 0 Å². The van der Waals surface area contributed by atoms with Crippen LogP contribution in [0.1, 0.15) is 58.8 Å². The minimum atomic E-state index is 0.263. The van der Waals surface area contributed by atoms with Gasteiger partial charge in [0.1, 0.15) is 12.2 Å². The second-order valence-electron chi connectivity index (χ2n) is 6.19. The third kappa shape index (κ3) is 3.38. The maximum Gasteiger partial charge on any atom is 0.141 e. The lowest BCUT2D eigenvalue weighted by molar-refractivity contribution is 0.184. The molecule has 0 saturated carbocycles. The second-order valence-corrected chi connectivity index (χ2v) is 6.19. The van der Waals surface area contributed by atoms with E-state index < -0.39 is 0 Å². The molecule has 0 unspecified atom stereocenters. The van der Waals surface area contributed by atoms with Gasteiger partial charge in [0.05, 0.1) is 6.54 Å².